The second kappa shape index (κ2) is 13.6. The molecule has 7 aromatic carbocycles. The summed E-state index contributed by atoms with van der Waals surface area (Å²) in [7, 11) is 0. The van der Waals surface area contributed by atoms with Crippen LogP contribution in [-0.4, -0.2) is 6.04 Å². The number of hydrogen-bond donors (Lipinski definition) is 2. The molecule has 0 fully saturated rings. The lowest BCUT2D eigenvalue weighted by molar-refractivity contribution is 0.599. The maximum Gasteiger partial charge on any atom is 0.0692 e. The Morgan fingerprint density at radius 3 is 1.50 bits per heavy atom. The van der Waals surface area contributed by atoms with Gasteiger partial charge in [0.05, 0.1) is 22.8 Å². The number of nitrogens with two attached hydrogens (primary N) is 1. The molecule has 3 N–H and O–H groups in total. The molecule has 2 unspecified atom stereocenters. The van der Waals surface area contributed by atoms with E-state index in [2.05, 4.69) is 193 Å². The summed E-state index contributed by atoms with van der Waals surface area (Å²) in [6, 6.07) is 66.7. The van der Waals surface area contributed by atoms with Gasteiger partial charge in [-0.1, -0.05) is 170 Å². The topological polar surface area (TPSA) is 38.0 Å². The first kappa shape index (κ1) is 30.9. The highest BCUT2D eigenvalue weighted by atomic mass is 15.0. The van der Waals surface area contributed by atoms with E-state index < -0.39 is 5.41 Å². The molecule has 0 amide bonds. The number of nitrogens with one attached hydrogen (secondary N) is 1. The Morgan fingerprint density at radius 2 is 0.900 bits per heavy atom. The predicted molar refractivity (Wildman–Crippen MR) is 212 cm³/mol. The molecule has 0 heterocycles. The van der Waals surface area contributed by atoms with Crippen LogP contribution in [0.4, 0.5) is 11.4 Å². The van der Waals surface area contributed by atoms with E-state index in [0.717, 1.165) is 11.3 Å². The Kier molecular flexibility index (Phi) is 8.42. The molecule has 7 aromatic rings. The zero-order chi connectivity index (χ0) is 33.8. The van der Waals surface area contributed by atoms with Crippen LogP contribution in [0.3, 0.4) is 0 Å². The lowest BCUT2D eigenvalue weighted by Gasteiger charge is -2.44. The van der Waals surface area contributed by atoms with E-state index in [9.17, 15) is 0 Å². The SMILES string of the molecule is Nc1ccccc1NC1C(c2cc(-c3ccccc3)cc(-c3ccccc3)c2)=CC=CC1(c1ccccc1)c1cccc(-c2ccccc2)c1. The van der Waals surface area contributed by atoms with Crippen LogP contribution in [0.15, 0.2) is 206 Å². The van der Waals surface area contributed by atoms with E-state index >= 15 is 0 Å². The minimum absolute atomic E-state index is 0.222. The second-order valence-corrected chi connectivity index (χ2v) is 12.9. The molecular weight excluding hydrogens is 605 g/mol. The normalized spacial score (nSPS) is 16.8. The molecule has 0 radical (unpaired) electrons. The molecule has 0 spiro atoms. The van der Waals surface area contributed by atoms with Gasteiger partial charge < -0.3 is 11.1 Å². The molecule has 0 aliphatic heterocycles. The van der Waals surface area contributed by atoms with Gasteiger partial charge in [-0.3, -0.25) is 0 Å². The van der Waals surface area contributed by atoms with Crippen LogP contribution in [-0.2, 0) is 5.41 Å². The third-order valence-electron chi connectivity index (χ3n) is 9.84. The van der Waals surface area contributed by atoms with Gasteiger partial charge in [0.15, 0.2) is 0 Å². The minimum Gasteiger partial charge on any atom is -0.397 e. The molecule has 1 aliphatic carbocycles. The van der Waals surface area contributed by atoms with Crippen molar-refractivity contribution < 1.29 is 0 Å². The van der Waals surface area contributed by atoms with Crippen LogP contribution in [0.1, 0.15) is 16.7 Å². The summed E-state index contributed by atoms with van der Waals surface area (Å²) in [6.45, 7) is 0. The summed E-state index contributed by atoms with van der Waals surface area (Å²) < 4.78 is 0. The molecule has 2 atom stereocenters. The fourth-order valence-corrected chi connectivity index (χ4v) is 7.36. The largest absolute Gasteiger partial charge is 0.397 e. The summed E-state index contributed by atoms with van der Waals surface area (Å²) in [5, 5.41) is 4.02. The summed E-state index contributed by atoms with van der Waals surface area (Å²) in [5.74, 6) is 0. The second-order valence-electron chi connectivity index (χ2n) is 12.9. The summed E-state index contributed by atoms with van der Waals surface area (Å²) >= 11 is 0. The molecule has 2 nitrogen and oxygen atoms in total. The van der Waals surface area contributed by atoms with Crippen LogP contribution < -0.4 is 11.1 Å². The standard InChI is InChI=1S/C48H38N2/c49-45-28-13-14-29-46(45)50-47-44(41-32-39(36-19-7-2-8-20-36)31-40(33-41)37-21-9-3-10-22-37)27-16-30-48(47,42-24-11-4-12-25-42)43-26-15-23-38(34-43)35-17-5-1-6-18-35/h1-34,47,50H,49H2. The first-order valence-electron chi connectivity index (χ1n) is 17.2. The molecule has 2 heteroatoms. The van der Waals surface area contributed by atoms with Gasteiger partial charge >= 0.3 is 0 Å². The lowest BCUT2D eigenvalue weighted by Crippen LogP contribution is -2.46. The van der Waals surface area contributed by atoms with Gasteiger partial charge in [0.25, 0.3) is 0 Å². The van der Waals surface area contributed by atoms with Crippen molar-refractivity contribution in [1.82, 2.24) is 0 Å². The number of allylic oxidation sites excluding steroid dienone is 2. The van der Waals surface area contributed by atoms with Gasteiger partial charge in [-0.05, 0) is 92.0 Å². The van der Waals surface area contributed by atoms with Gasteiger partial charge in [0, 0.05) is 0 Å². The minimum atomic E-state index is -0.589. The molecular formula is C48H38N2. The Balaban J connectivity index is 1.38. The number of rotatable bonds is 8. The Bertz CT molecular complexity index is 2230. The molecule has 8 rings (SSSR count). The van der Waals surface area contributed by atoms with Crippen LogP contribution in [0, 0.1) is 0 Å². The number of anilines is 2. The monoisotopic (exact) mass is 642 g/mol. The van der Waals surface area contributed by atoms with Gasteiger partial charge in [-0.2, -0.15) is 0 Å². The molecule has 0 aromatic heterocycles. The highest BCUT2D eigenvalue weighted by Crippen LogP contribution is 2.48. The van der Waals surface area contributed by atoms with Crippen LogP contribution in [0.5, 0.6) is 0 Å². The maximum atomic E-state index is 6.69. The first-order valence-corrected chi connectivity index (χ1v) is 17.2. The van der Waals surface area contributed by atoms with Gasteiger partial charge in [-0.25, -0.2) is 0 Å². The third kappa shape index (κ3) is 5.93. The predicted octanol–water partition coefficient (Wildman–Crippen LogP) is 11.7. The molecule has 1 aliphatic rings. The van der Waals surface area contributed by atoms with Crippen molar-refractivity contribution in [2.24, 2.45) is 0 Å². The molecule has 240 valence electrons. The van der Waals surface area contributed by atoms with Gasteiger partial charge in [-0.15, -0.1) is 0 Å². The lowest BCUT2D eigenvalue weighted by atomic mass is 9.63. The maximum absolute atomic E-state index is 6.69. The van der Waals surface area contributed by atoms with Crippen LogP contribution in [0.2, 0.25) is 0 Å². The quantitative estimate of drug-likeness (QED) is 0.162. The third-order valence-corrected chi connectivity index (χ3v) is 9.84. The summed E-state index contributed by atoms with van der Waals surface area (Å²) in [4.78, 5) is 0. The zero-order valence-electron chi connectivity index (χ0n) is 27.8. The summed E-state index contributed by atoms with van der Waals surface area (Å²) in [6.07, 6.45) is 6.88. The van der Waals surface area contributed by atoms with E-state index in [1.54, 1.807) is 0 Å². The van der Waals surface area contributed by atoms with Crippen molar-refractivity contribution >= 4 is 16.9 Å². The average Bonchev–Trinajstić information content (AvgIpc) is 3.20. The molecule has 0 saturated heterocycles. The van der Waals surface area contributed by atoms with Crippen molar-refractivity contribution in [3.05, 3.63) is 223 Å². The fourth-order valence-electron chi connectivity index (χ4n) is 7.36. The van der Waals surface area contributed by atoms with Gasteiger partial charge in [0.1, 0.15) is 0 Å². The fraction of sp³-hybridized carbons (Fsp3) is 0.0417. The Labute approximate surface area is 294 Å². The zero-order valence-corrected chi connectivity index (χ0v) is 27.8. The Hall–Kier alpha value is -6.38. The highest BCUT2D eigenvalue weighted by Gasteiger charge is 2.44. The van der Waals surface area contributed by atoms with E-state index in [4.69, 9.17) is 5.73 Å². The molecule has 0 saturated carbocycles. The molecule has 50 heavy (non-hydrogen) atoms. The van der Waals surface area contributed by atoms with Crippen molar-refractivity contribution in [1.29, 1.82) is 0 Å². The van der Waals surface area contributed by atoms with Crippen molar-refractivity contribution in [2.75, 3.05) is 11.1 Å². The van der Waals surface area contributed by atoms with Gasteiger partial charge in [0.2, 0.25) is 0 Å². The number of nitrogen functional groups attached to an aromatic ring is 1. The van der Waals surface area contributed by atoms with Crippen LogP contribution >= 0.6 is 0 Å². The van der Waals surface area contributed by atoms with E-state index in [1.165, 1.54) is 50.1 Å². The smallest absolute Gasteiger partial charge is 0.0692 e. The Morgan fingerprint density at radius 1 is 0.420 bits per heavy atom. The van der Waals surface area contributed by atoms with Crippen molar-refractivity contribution in [2.45, 2.75) is 11.5 Å². The first-order chi connectivity index (χ1) is 24.7. The average molecular weight is 643 g/mol. The summed E-state index contributed by atoms with van der Waals surface area (Å²) in [5.41, 5.74) is 19.5. The van der Waals surface area contributed by atoms with E-state index in [-0.39, 0.29) is 6.04 Å². The number of benzene rings is 7. The van der Waals surface area contributed by atoms with Crippen LogP contribution in [0.25, 0.3) is 39.0 Å². The number of para-hydroxylation sites is 2. The van der Waals surface area contributed by atoms with Crippen molar-refractivity contribution in [3.63, 3.8) is 0 Å². The van der Waals surface area contributed by atoms with E-state index in [1.807, 2.05) is 18.2 Å². The number of hydrogen-bond acceptors (Lipinski definition) is 2. The molecule has 0 bridgehead atoms. The highest BCUT2D eigenvalue weighted by molar-refractivity contribution is 5.87. The van der Waals surface area contributed by atoms with E-state index in [0.29, 0.717) is 5.69 Å². The van der Waals surface area contributed by atoms with Crippen molar-refractivity contribution in [3.8, 4) is 33.4 Å².